The van der Waals surface area contributed by atoms with Crippen LogP contribution in [0.3, 0.4) is 0 Å². The number of hydrogen-bond donors (Lipinski definition) is 1. The van der Waals surface area contributed by atoms with Crippen LogP contribution in [0.1, 0.15) is 31.2 Å². The number of carbonyl (C=O) groups excluding carboxylic acids is 1. The van der Waals surface area contributed by atoms with Crippen LogP contribution in [0.15, 0.2) is 24.3 Å². The molecule has 1 amide bonds. The fraction of sp³-hybridized carbons (Fsp3) is 0.611. The van der Waals surface area contributed by atoms with Gasteiger partial charge in [0, 0.05) is 25.7 Å². The third kappa shape index (κ3) is 4.91. The third-order valence-electron chi connectivity index (χ3n) is 4.78. The molecule has 0 radical (unpaired) electrons. The van der Waals surface area contributed by atoms with Crippen LogP contribution in [0.4, 0.5) is 4.39 Å². The fourth-order valence-corrected chi connectivity index (χ4v) is 3.54. The van der Waals surface area contributed by atoms with Crippen LogP contribution in [-0.2, 0) is 16.0 Å². The van der Waals surface area contributed by atoms with Crippen LogP contribution in [0, 0.1) is 5.82 Å². The first-order chi connectivity index (χ1) is 11.2. The molecule has 6 heteroatoms. The van der Waals surface area contributed by atoms with Crippen molar-refractivity contribution in [3.63, 3.8) is 0 Å². The van der Waals surface area contributed by atoms with E-state index in [1.165, 1.54) is 18.9 Å². The van der Waals surface area contributed by atoms with Gasteiger partial charge in [-0.3, -0.25) is 4.79 Å². The molecule has 1 aromatic carbocycles. The van der Waals surface area contributed by atoms with E-state index < -0.39 is 0 Å². The van der Waals surface area contributed by atoms with Crippen molar-refractivity contribution in [1.82, 2.24) is 10.2 Å². The first-order valence-corrected chi connectivity index (χ1v) is 8.61. The van der Waals surface area contributed by atoms with E-state index in [4.69, 9.17) is 4.74 Å². The highest BCUT2D eigenvalue weighted by atomic mass is 35.5. The molecular weight excluding hydrogens is 331 g/mol. The Hall–Kier alpha value is -1.17. The number of benzene rings is 1. The summed E-state index contributed by atoms with van der Waals surface area (Å²) in [5.41, 5.74) is 0.934. The van der Waals surface area contributed by atoms with E-state index in [9.17, 15) is 9.18 Å². The summed E-state index contributed by atoms with van der Waals surface area (Å²) in [6, 6.07) is 6.95. The van der Waals surface area contributed by atoms with Crippen LogP contribution in [-0.4, -0.2) is 49.2 Å². The van der Waals surface area contributed by atoms with Crippen molar-refractivity contribution in [3.05, 3.63) is 35.6 Å². The average Bonchev–Trinajstić information content (AvgIpc) is 3.10. The molecule has 1 saturated carbocycles. The first kappa shape index (κ1) is 19.2. The summed E-state index contributed by atoms with van der Waals surface area (Å²) in [4.78, 5) is 14.8. The number of rotatable bonds is 5. The second-order valence-corrected chi connectivity index (χ2v) is 6.41. The Labute approximate surface area is 149 Å². The van der Waals surface area contributed by atoms with E-state index in [1.54, 1.807) is 12.1 Å². The number of hydrogen-bond acceptors (Lipinski definition) is 3. The fourth-order valence-electron chi connectivity index (χ4n) is 3.54. The number of nitrogens with zero attached hydrogens (tertiary/aromatic N) is 1. The first-order valence-electron chi connectivity index (χ1n) is 8.61. The van der Waals surface area contributed by atoms with Gasteiger partial charge in [0.15, 0.2) is 0 Å². The van der Waals surface area contributed by atoms with Crippen LogP contribution < -0.4 is 5.32 Å². The van der Waals surface area contributed by atoms with E-state index in [0.717, 1.165) is 24.9 Å². The molecule has 1 saturated heterocycles. The Bertz CT molecular complexity index is 532. The highest BCUT2D eigenvalue weighted by Gasteiger charge is 2.32. The monoisotopic (exact) mass is 356 g/mol. The quantitative estimate of drug-likeness (QED) is 0.881. The zero-order valence-corrected chi connectivity index (χ0v) is 14.7. The molecule has 1 N–H and O–H groups in total. The van der Waals surface area contributed by atoms with Gasteiger partial charge in [0.25, 0.3) is 5.91 Å². The maximum Gasteiger partial charge on any atom is 0.253 e. The van der Waals surface area contributed by atoms with Crippen molar-refractivity contribution in [1.29, 1.82) is 0 Å². The molecule has 2 fully saturated rings. The van der Waals surface area contributed by atoms with Crippen molar-refractivity contribution in [2.75, 3.05) is 26.2 Å². The number of halogens is 2. The van der Waals surface area contributed by atoms with Gasteiger partial charge in [-0.15, -0.1) is 12.4 Å². The second-order valence-electron chi connectivity index (χ2n) is 6.41. The number of amides is 1. The summed E-state index contributed by atoms with van der Waals surface area (Å²) in [7, 11) is 0. The van der Waals surface area contributed by atoms with Crippen molar-refractivity contribution in [2.24, 2.45) is 0 Å². The topological polar surface area (TPSA) is 41.6 Å². The van der Waals surface area contributed by atoms with Crippen molar-refractivity contribution >= 4 is 18.3 Å². The van der Waals surface area contributed by atoms with E-state index in [1.807, 2.05) is 11.0 Å². The Morgan fingerprint density at radius 2 is 2.12 bits per heavy atom. The van der Waals surface area contributed by atoms with E-state index in [-0.39, 0.29) is 30.2 Å². The molecule has 0 bridgehead atoms. The molecule has 1 atom stereocenters. The zero-order chi connectivity index (χ0) is 16.1. The van der Waals surface area contributed by atoms with Gasteiger partial charge in [-0.2, -0.15) is 0 Å². The largest absolute Gasteiger partial charge is 0.366 e. The number of nitrogens with one attached hydrogen (secondary N) is 1. The lowest BCUT2D eigenvalue weighted by Crippen LogP contribution is -2.52. The number of carbonyl (C=O) groups is 1. The van der Waals surface area contributed by atoms with Gasteiger partial charge >= 0.3 is 0 Å². The minimum atomic E-state index is -0.378. The molecule has 134 valence electrons. The third-order valence-corrected chi connectivity index (χ3v) is 4.78. The summed E-state index contributed by atoms with van der Waals surface area (Å²) < 4.78 is 19.0. The number of ether oxygens (including phenoxy) is 1. The van der Waals surface area contributed by atoms with Gasteiger partial charge in [-0.05, 0) is 37.0 Å². The predicted molar refractivity (Wildman–Crippen MR) is 93.9 cm³/mol. The SMILES string of the molecule is Cl.O=C(C1CNCCO1)N(CCc1cccc(F)c1)C1CCCC1. The lowest BCUT2D eigenvalue weighted by atomic mass is 10.1. The maximum absolute atomic E-state index is 13.3. The molecule has 3 rings (SSSR count). The Morgan fingerprint density at radius 3 is 2.79 bits per heavy atom. The van der Waals surface area contributed by atoms with Gasteiger partial charge in [0.2, 0.25) is 0 Å². The van der Waals surface area contributed by atoms with E-state index in [0.29, 0.717) is 32.2 Å². The molecule has 24 heavy (non-hydrogen) atoms. The lowest BCUT2D eigenvalue weighted by molar-refractivity contribution is -0.147. The molecule has 4 nitrogen and oxygen atoms in total. The second kappa shape index (κ2) is 9.35. The zero-order valence-electron chi connectivity index (χ0n) is 13.9. The Balaban J connectivity index is 0.00000208. The molecule has 1 aliphatic heterocycles. The summed E-state index contributed by atoms with van der Waals surface area (Å²) in [6.07, 6.45) is 4.79. The molecular formula is C18H26ClFN2O2. The minimum absolute atomic E-state index is 0. The van der Waals surface area contributed by atoms with E-state index in [2.05, 4.69) is 5.32 Å². The highest BCUT2D eigenvalue weighted by Crippen LogP contribution is 2.25. The Kier molecular flexibility index (Phi) is 7.46. The van der Waals surface area contributed by atoms with Crippen molar-refractivity contribution < 1.29 is 13.9 Å². The molecule has 2 aliphatic rings. The Morgan fingerprint density at radius 1 is 1.33 bits per heavy atom. The summed E-state index contributed by atoms with van der Waals surface area (Å²) in [6.45, 7) is 2.60. The maximum atomic E-state index is 13.3. The van der Waals surface area contributed by atoms with Crippen LogP contribution in [0.5, 0.6) is 0 Å². The van der Waals surface area contributed by atoms with Gasteiger partial charge in [0.05, 0.1) is 6.61 Å². The van der Waals surface area contributed by atoms with Crippen LogP contribution >= 0.6 is 12.4 Å². The minimum Gasteiger partial charge on any atom is -0.366 e. The highest BCUT2D eigenvalue weighted by molar-refractivity contribution is 5.85. The van der Waals surface area contributed by atoms with Gasteiger partial charge in [0.1, 0.15) is 11.9 Å². The molecule has 0 spiro atoms. The smallest absolute Gasteiger partial charge is 0.253 e. The molecule has 1 aromatic rings. The molecule has 1 unspecified atom stereocenters. The standard InChI is InChI=1S/C18H25FN2O2.ClH/c19-15-5-3-4-14(12-15)8-10-21(16-6-1-2-7-16)18(22)17-13-20-9-11-23-17;/h3-5,12,16-17,20H,1-2,6-11,13H2;1H. The summed E-state index contributed by atoms with van der Waals surface area (Å²) in [5.74, 6) is -0.137. The van der Waals surface area contributed by atoms with Crippen LogP contribution in [0.2, 0.25) is 0 Å². The van der Waals surface area contributed by atoms with Gasteiger partial charge in [-0.25, -0.2) is 4.39 Å². The normalized spacial score (nSPS) is 21.3. The number of morpholine rings is 1. The molecule has 1 heterocycles. The summed E-state index contributed by atoms with van der Waals surface area (Å²) >= 11 is 0. The summed E-state index contributed by atoms with van der Waals surface area (Å²) in [5, 5.41) is 3.22. The molecule has 0 aromatic heterocycles. The average molecular weight is 357 g/mol. The van der Waals surface area contributed by atoms with Crippen molar-refractivity contribution in [2.45, 2.75) is 44.2 Å². The van der Waals surface area contributed by atoms with Crippen LogP contribution in [0.25, 0.3) is 0 Å². The predicted octanol–water partition coefficient (Wildman–Crippen LogP) is 2.55. The van der Waals surface area contributed by atoms with Gasteiger partial charge < -0.3 is 15.0 Å². The molecule has 1 aliphatic carbocycles. The van der Waals surface area contributed by atoms with Crippen molar-refractivity contribution in [3.8, 4) is 0 Å². The lowest BCUT2D eigenvalue weighted by Gasteiger charge is -2.34. The van der Waals surface area contributed by atoms with Gasteiger partial charge in [-0.1, -0.05) is 25.0 Å². The van der Waals surface area contributed by atoms with E-state index >= 15 is 0 Å².